The van der Waals surface area contributed by atoms with E-state index in [-0.39, 0.29) is 42.8 Å². The number of nitrogens with zero attached hydrogens (tertiary/aromatic N) is 4. The molecule has 0 bridgehead atoms. The Hall–Kier alpha value is -2.99. The summed E-state index contributed by atoms with van der Waals surface area (Å²) >= 11 is 0. The van der Waals surface area contributed by atoms with Crippen LogP contribution in [0.5, 0.6) is 0 Å². The number of aromatic amines is 1. The zero-order valence-electron chi connectivity index (χ0n) is 37.0. The average molecular weight is 828 g/mol. The van der Waals surface area contributed by atoms with Gasteiger partial charge in [-0.05, 0) is 85.1 Å². The molecule has 15 nitrogen and oxygen atoms in total. The zero-order chi connectivity index (χ0) is 43.1. The number of likely N-dealkylation sites (N-methyl/N-ethyl adjacent to an activating group) is 3. The van der Waals surface area contributed by atoms with Crippen molar-refractivity contribution in [2.45, 2.75) is 109 Å². The highest BCUT2D eigenvalue weighted by Crippen LogP contribution is 2.38. The molecule has 0 radical (unpaired) electrons. The third-order valence-electron chi connectivity index (χ3n) is 12.8. The van der Waals surface area contributed by atoms with Crippen LogP contribution in [-0.2, 0) is 35.0 Å². The molecular weight excluding hydrogens is 755 g/mol. The SMILES string of the molecule is C[C@H]1CN(C)C(=O)[C@H](Cc2c[nH]c3ccccc23)NC[C@](C)(C=O)[C@@H](O)[C@H](C)[C@@H](O[C@@H]2O[C@H](C)C[C@H](N(C)C)[C@H]2OCCCNC(=O)CN2CCN(C)CC2)[C@](C)(O)C1. The molecule has 3 aliphatic heterocycles. The van der Waals surface area contributed by atoms with Gasteiger partial charge in [-0.15, -0.1) is 0 Å². The van der Waals surface area contributed by atoms with Crippen LogP contribution in [0.15, 0.2) is 30.5 Å². The summed E-state index contributed by atoms with van der Waals surface area (Å²) in [7, 11) is 7.84. The highest BCUT2D eigenvalue weighted by molar-refractivity contribution is 5.86. The molecule has 0 unspecified atom stereocenters. The van der Waals surface area contributed by atoms with E-state index in [1.54, 1.807) is 32.7 Å². The van der Waals surface area contributed by atoms with Crippen LogP contribution >= 0.6 is 0 Å². The second-order valence-corrected chi connectivity index (χ2v) is 18.6. The average Bonchev–Trinajstić information content (AvgIpc) is 3.60. The van der Waals surface area contributed by atoms with Crippen LogP contribution in [0.25, 0.3) is 10.9 Å². The van der Waals surface area contributed by atoms with Crippen molar-refractivity contribution < 1.29 is 38.8 Å². The van der Waals surface area contributed by atoms with E-state index >= 15 is 0 Å². The number of rotatable bonds is 13. The molecule has 0 aliphatic carbocycles. The number of aromatic nitrogens is 1. The third-order valence-corrected chi connectivity index (χ3v) is 12.8. The quantitative estimate of drug-likeness (QED) is 0.147. The van der Waals surface area contributed by atoms with Crippen LogP contribution in [0.3, 0.4) is 0 Å². The van der Waals surface area contributed by atoms with E-state index in [0.29, 0.717) is 45.5 Å². The smallest absolute Gasteiger partial charge is 0.239 e. The number of carbonyl (C=O) groups excluding carboxylic acids is 3. The van der Waals surface area contributed by atoms with E-state index in [1.165, 1.54) is 0 Å². The van der Waals surface area contributed by atoms with E-state index in [9.17, 15) is 24.6 Å². The van der Waals surface area contributed by atoms with Crippen molar-refractivity contribution in [1.82, 2.24) is 35.2 Å². The van der Waals surface area contributed by atoms with Crippen LogP contribution < -0.4 is 10.6 Å². The Morgan fingerprint density at radius 1 is 1.12 bits per heavy atom. The minimum atomic E-state index is -1.52. The number of ether oxygens (including phenoxy) is 3. The summed E-state index contributed by atoms with van der Waals surface area (Å²) in [6, 6.07) is 7.16. The molecule has 1 aromatic carbocycles. The maximum Gasteiger partial charge on any atom is 0.239 e. The van der Waals surface area contributed by atoms with Gasteiger partial charge in [-0.1, -0.05) is 32.0 Å². The molecule has 59 heavy (non-hydrogen) atoms. The fourth-order valence-electron chi connectivity index (χ4n) is 9.39. The van der Waals surface area contributed by atoms with E-state index < -0.39 is 47.6 Å². The van der Waals surface area contributed by atoms with Gasteiger partial charge in [0.25, 0.3) is 0 Å². The van der Waals surface area contributed by atoms with Gasteiger partial charge in [0.2, 0.25) is 11.8 Å². The number of para-hydroxylation sites is 1. The Labute approximate surface area is 351 Å². The first-order valence-electron chi connectivity index (χ1n) is 21.6. The molecule has 3 aliphatic rings. The molecule has 5 rings (SSSR count). The first-order valence-corrected chi connectivity index (χ1v) is 21.6. The van der Waals surface area contributed by atoms with Crippen molar-refractivity contribution in [2.24, 2.45) is 17.3 Å². The number of nitrogens with one attached hydrogen (secondary N) is 3. The first kappa shape index (κ1) is 47.1. The van der Waals surface area contributed by atoms with Gasteiger partial charge >= 0.3 is 0 Å². The topological polar surface area (TPSA) is 172 Å². The summed E-state index contributed by atoms with van der Waals surface area (Å²) in [6.45, 7) is 14.4. The Morgan fingerprint density at radius 3 is 2.53 bits per heavy atom. The standard InChI is InChI=1S/C44H73N7O8/c1-29-23-44(5,56)40(59-42-38(36(48(6)7)21-30(2)58-42)57-20-12-15-45-37(53)26-51-18-16-49(8)17-19-51)31(3)39(54)43(4,28-52)27-47-35(41(55)50(9)25-29)22-32-24-46-34-14-11-10-13-33(32)34/h10-11,13-14,24,28-31,35-36,38-40,42,46-47,54,56H,12,15-23,25-27H2,1-9H3,(H,45,53)/t29-,30-,31+,35+,36+,38-,39+,40-,42+,43-,44-/m1/s1. The van der Waals surface area contributed by atoms with Gasteiger partial charge in [0.05, 0.1) is 41.9 Å². The molecule has 1 aromatic heterocycles. The lowest BCUT2D eigenvalue weighted by Gasteiger charge is -2.48. The van der Waals surface area contributed by atoms with Crippen molar-refractivity contribution >= 4 is 29.0 Å². The predicted octanol–water partition coefficient (Wildman–Crippen LogP) is 1.71. The highest BCUT2D eigenvalue weighted by Gasteiger charge is 2.50. The highest BCUT2D eigenvalue weighted by atomic mass is 16.7. The molecule has 11 atom stereocenters. The van der Waals surface area contributed by atoms with Gasteiger partial charge in [-0.25, -0.2) is 0 Å². The fraction of sp³-hybridized carbons (Fsp3) is 0.750. The molecule has 3 saturated heterocycles. The van der Waals surface area contributed by atoms with Crippen molar-refractivity contribution in [1.29, 1.82) is 0 Å². The Bertz CT molecular complexity index is 1670. The molecule has 2 amide bonds. The second kappa shape index (κ2) is 20.7. The summed E-state index contributed by atoms with van der Waals surface area (Å²) in [5, 5.41) is 32.1. The Kier molecular flexibility index (Phi) is 16.5. The van der Waals surface area contributed by atoms with Crippen LogP contribution in [0.2, 0.25) is 0 Å². The molecule has 2 aromatic rings. The molecule has 0 spiro atoms. The van der Waals surface area contributed by atoms with Gasteiger partial charge in [0.15, 0.2) is 6.29 Å². The summed E-state index contributed by atoms with van der Waals surface area (Å²) in [6.07, 6.45) is 0.591. The number of aliphatic hydroxyl groups excluding tert-OH is 1. The van der Waals surface area contributed by atoms with E-state index in [0.717, 1.165) is 48.9 Å². The molecule has 3 fully saturated rings. The third kappa shape index (κ3) is 12.1. The van der Waals surface area contributed by atoms with E-state index in [2.05, 4.69) is 37.4 Å². The summed E-state index contributed by atoms with van der Waals surface area (Å²) in [4.78, 5) is 51.4. The lowest BCUT2D eigenvalue weighted by atomic mass is 9.72. The number of benzene rings is 1. The van der Waals surface area contributed by atoms with Crippen molar-refractivity contribution in [2.75, 3.05) is 87.2 Å². The number of amides is 2. The van der Waals surface area contributed by atoms with Gasteiger partial charge in [0, 0.05) is 88.5 Å². The van der Waals surface area contributed by atoms with Crippen molar-refractivity contribution in [3.8, 4) is 0 Å². The molecule has 4 heterocycles. The summed E-state index contributed by atoms with van der Waals surface area (Å²) in [5.74, 6) is -1.07. The normalized spacial score (nSPS) is 34.9. The molecule has 0 saturated carbocycles. The monoisotopic (exact) mass is 828 g/mol. The number of hydrogen-bond acceptors (Lipinski definition) is 12. The predicted molar refractivity (Wildman–Crippen MR) is 228 cm³/mol. The first-order chi connectivity index (χ1) is 27.9. The molecule has 5 N–H and O–H groups in total. The maximum absolute atomic E-state index is 14.1. The zero-order valence-corrected chi connectivity index (χ0v) is 37.0. The van der Waals surface area contributed by atoms with E-state index in [1.807, 2.05) is 58.4 Å². The van der Waals surface area contributed by atoms with Gasteiger partial charge in [0.1, 0.15) is 12.4 Å². The van der Waals surface area contributed by atoms with Gasteiger partial charge < -0.3 is 59.5 Å². The van der Waals surface area contributed by atoms with Crippen LogP contribution in [-0.4, -0.2) is 188 Å². The number of H-pyrrole nitrogens is 1. The fourth-order valence-corrected chi connectivity index (χ4v) is 9.39. The lowest BCUT2D eigenvalue weighted by Crippen LogP contribution is -2.60. The maximum atomic E-state index is 14.1. The number of hydrogen-bond donors (Lipinski definition) is 5. The largest absolute Gasteiger partial charge is 0.392 e. The number of fused-ring (bicyclic) bond motifs is 1. The lowest BCUT2D eigenvalue weighted by molar-refractivity contribution is -0.306. The minimum absolute atomic E-state index is 0.00291. The van der Waals surface area contributed by atoms with Crippen LogP contribution in [0.4, 0.5) is 0 Å². The van der Waals surface area contributed by atoms with Gasteiger partial charge in [-0.3, -0.25) is 14.5 Å². The Morgan fingerprint density at radius 2 is 1.83 bits per heavy atom. The molecule has 15 heteroatoms. The van der Waals surface area contributed by atoms with E-state index in [4.69, 9.17) is 14.2 Å². The van der Waals surface area contributed by atoms with Crippen molar-refractivity contribution in [3.05, 3.63) is 36.0 Å². The van der Waals surface area contributed by atoms with Crippen LogP contribution in [0.1, 0.15) is 59.4 Å². The number of piperazine rings is 1. The number of aliphatic hydroxyl groups is 2. The Balaban J connectivity index is 1.33. The molecule has 332 valence electrons. The van der Waals surface area contributed by atoms with Crippen LogP contribution in [0, 0.1) is 17.3 Å². The number of aldehydes is 1. The minimum Gasteiger partial charge on any atom is -0.392 e. The summed E-state index contributed by atoms with van der Waals surface area (Å²) in [5.41, 5.74) is -0.936. The number of carbonyl (C=O) groups is 3. The summed E-state index contributed by atoms with van der Waals surface area (Å²) < 4.78 is 19.9. The molecular formula is C44H73N7O8. The second-order valence-electron chi connectivity index (χ2n) is 18.6. The van der Waals surface area contributed by atoms with Crippen molar-refractivity contribution in [3.63, 3.8) is 0 Å². The van der Waals surface area contributed by atoms with Gasteiger partial charge in [-0.2, -0.15) is 0 Å².